The first-order chi connectivity index (χ1) is 8.72. The van der Waals surface area contributed by atoms with Crippen molar-refractivity contribution >= 4 is 28.7 Å². The second kappa shape index (κ2) is 5.78. The van der Waals surface area contributed by atoms with Gasteiger partial charge in [-0.3, -0.25) is 0 Å². The molecule has 0 fully saturated rings. The molecule has 0 saturated heterocycles. The predicted octanol–water partition coefficient (Wildman–Crippen LogP) is 4.62. The number of hydrogen-bond acceptors (Lipinski definition) is 2. The summed E-state index contributed by atoms with van der Waals surface area (Å²) in [4.78, 5) is 0. The van der Waals surface area contributed by atoms with Crippen LogP contribution >= 0.6 is 11.6 Å². The van der Waals surface area contributed by atoms with E-state index in [1.807, 2.05) is 36.4 Å². The van der Waals surface area contributed by atoms with Gasteiger partial charge in [0.05, 0.1) is 16.4 Å². The molecule has 0 bridgehead atoms. The molecule has 0 aliphatic heterocycles. The van der Waals surface area contributed by atoms with Gasteiger partial charge < -0.3 is 11.1 Å². The van der Waals surface area contributed by atoms with Crippen LogP contribution < -0.4 is 11.1 Å². The minimum atomic E-state index is 0.640. The summed E-state index contributed by atoms with van der Waals surface area (Å²) in [5, 5.41) is 3.98. The highest BCUT2D eigenvalue weighted by atomic mass is 35.5. The van der Waals surface area contributed by atoms with Crippen molar-refractivity contribution < 1.29 is 0 Å². The lowest BCUT2D eigenvalue weighted by molar-refractivity contribution is 0.923. The van der Waals surface area contributed by atoms with E-state index < -0.39 is 0 Å². The van der Waals surface area contributed by atoms with Crippen LogP contribution in [0.4, 0.5) is 17.1 Å². The van der Waals surface area contributed by atoms with Crippen molar-refractivity contribution in [3.63, 3.8) is 0 Å². The van der Waals surface area contributed by atoms with Crippen LogP contribution in [0, 0.1) is 0 Å². The van der Waals surface area contributed by atoms with Gasteiger partial charge in [-0.25, -0.2) is 0 Å². The van der Waals surface area contributed by atoms with Gasteiger partial charge in [0.1, 0.15) is 0 Å². The molecule has 0 radical (unpaired) electrons. The van der Waals surface area contributed by atoms with E-state index in [0.717, 1.165) is 24.2 Å². The van der Waals surface area contributed by atoms with Crippen LogP contribution in [0.3, 0.4) is 0 Å². The molecule has 0 amide bonds. The van der Waals surface area contributed by atoms with Crippen LogP contribution in [0.5, 0.6) is 0 Å². The molecule has 2 nitrogen and oxygen atoms in total. The molecule has 2 aromatic rings. The van der Waals surface area contributed by atoms with Gasteiger partial charge in [-0.15, -0.1) is 0 Å². The minimum Gasteiger partial charge on any atom is -0.397 e. The van der Waals surface area contributed by atoms with E-state index >= 15 is 0 Å². The van der Waals surface area contributed by atoms with Crippen molar-refractivity contribution in [3.8, 4) is 0 Å². The van der Waals surface area contributed by atoms with Crippen LogP contribution in [-0.2, 0) is 6.42 Å². The van der Waals surface area contributed by atoms with E-state index in [9.17, 15) is 0 Å². The van der Waals surface area contributed by atoms with Crippen molar-refractivity contribution in [3.05, 3.63) is 53.1 Å². The second-order valence-electron chi connectivity index (χ2n) is 4.24. The fourth-order valence-corrected chi connectivity index (χ4v) is 2.17. The number of aryl methyl sites for hydroxylation is 1. The van der Waals surface area contributed by atoms with E-state index in [1.54, 1.807) is 0 Å². The summed E-state index contributed by atoms with van der Waals surface area (Å²) in [5.41, 5.74) is 9.73. The van der Waals surface area contributed by atoms with E-state index in [1.165, 1.54) is 5.56 Å². The van der Waals surface area contributed by atoms with Crippen LogP contribution in [-0.4, -0.2) is 0 Å². The standard InChI is InChI=1S/C15H17ClN2/c1-2-6-11-7-3-4-10-14(11)18-15-12(16)8-5-9-13(15)17/h3-5,7-10,18H,2,6,17H2,1H3. The van der Waals surface area contributed by atoms with Gasteiger partial charge in [-0.05, 0) is 30.2 Å². The molecule has 2 aromatic carbocycles. The van der Waals surface area contributed by atoms with Gasteiger partial charge in [-0.1, -0.05) is 49.2 Å². The van der Waals surface area contributed by atoms with E-state index in [-0.39, 0.29) is 0 Å². The third-order valence-electron chi connectivity index (χ3n) is 2.84. The lowest BCUT2D eigenvalue weighted by Crippen LogP contribution is -2.00. The molecule has 0 aromatic heterocycles. The SMILES string of the molecule is CCCc1ccccc1Nc1c(N)cccc1Cl. The van der Waals surface area contributed by atoms with Gasteiger partial charge in [0.2, 0.25) is 0 Å². The van der Waals surface area contributed by atoms with E-state index in [0.29, 0.717) is 10.7 Å². The molecule has 0 spiro atoms. The van der Waals surface area contributed by atoms with Crippen molar-refractivity contribution in [2.75, 3.05) is 11.1 Å². The lowest BCUT2D eigenvalue weighted by Gasteiger charge is -2.14. The molecule has 0 heterocycles. The summed E-state index contributed by atoms with van der Waals surface area (Å²) >= 11 is 6.17. The summed E-state index contributed by atoms with van der Waals surface area (Å²) in [6.07, 6.45) is 2.14. The normalized spacial score (nSPS) is 10.3. The van der Waals surface area contributed by atoms with Crippen LogP contribution in [0.15, 0.2) is 42.5 Å². The Balaban J connectivity index is 2.34. The largest absolute Gasteiger partial charge is 0.397 e. The maximum Gasteiger partial charge on any atom is 0.0807 e. The van der Waals surface area contributed by atoms with Gasteiger partial charge in [-0.2, -0.15) is 0 Å². The van der Waals surface area contributed by atoms with Gasteiger partial charge in [0, 0.05) is 5.69 Å². The molecular formula is C15H17ClN2. The molecule has 0 unspecified atom stereocenters. The second-order valence-corrected chi connectivity index (χ2v) is 4.64. The van der Waals surface area contributed by atoms with E-state index in [2.05, 4.69) is 18.3 Å². The number of halogens is 1. The molecule has 3 N–H and O–H groups in total. The first kappa shape index (κ1) is 12.8. The zero-order valence-corrected chi connectivity index (χ0v) is 11.2. The summed E-state index contributed by atoms with van der Waals surface area (Å²) < 4.78 is 0. The van der Waals surface area contributed by atoms with Crippen LogP contribution in [0.1, 0.15) is 18.9 Å². The summed E-state index contributed by atoms with van der Waals surface area (Å²) in [7, 11) is 0. The topological polar surface area (TPSA) is 38.0 Å². The van der Waals surface area contributed by atoms with Crippen LogP contribution in [0.25, 0.3) is 0 Å². The highest BCUT2D eigenvalue weighted by Crippen LogP contribution is 2.32. The maximum atomic E-state index is 6.17. The smallest absolute Gasteiger partial charge is 0.0807 e. The number of hydrogen-bond donors (Lipinski definition) is 2. The number of benzene rings is 2. The number of rotatable bonds is 4. The first-order valence-electron chi connectivity index (χ1n) is 6.11. The molecule has 94 valence electrons. The molecule has 0 atom stereocenters. The van der Waals surface area contributed by atoms with Gasteiger partial charge >= 0.3 is 0 Å². The Kier molecular flexibility index (Phi) is 4.11. The fourth-order valence-electron chi connectivity index (χ4n) is 1.94. The van der Waals surface area contributed by atoms with Crippen molar-refractivity contribution in [1.82, 2.24) is 0 Å². The number of nitrogen functional groups attached to an aromatic ring is 1. The Morgan fingerprint density at radius 3 is 2.61 bits per heavy atom. The molecule has 3 heteroatoms. The monoisotopic (exact) mass is 260 g/mol. The Morgan fingerprint density at radius 1 is 1.11 bits per heavy atom. The van der Waals surface area contributed by atoms with Crippen molar-refractivity contribution in [2.45, 2.75) is 19.8 Å². The Labute approximate surface area is 113 Å². The third-order valence-corrected chi connectivity index (χ3v) is 3.16. The summed E-state index contributed by atoms with van der Waals surface area (Å²) in [5.74, 6) is 0. The average molecular weight is 261 g/mol. The van der Waals surface area contributed by atoms with E-state index in [4.69, 9.17) is 17.3 Å². The number of para-hydroxylation sites is 2. The minimum absolute atomic E-state index is 0.640. The quantitative estimate of drug-likeness (QED) is 0.788. The summed E-state index contributed by atoms with van der Waals surface area (Å²) in [6.45, 7) is 2.17. The number of nitrogens with two attached hydrogens (primary N) is 1. The Bertz CT molecular complexity index is 518. The average Bonchev–Trinajstić information content (AvgIpc) is 2.36. The van der Waals surface area contributed by atoms with Gasteiger partial charge in [0.15, 0.2) is 0 Å². The Morgan fingerprint density at radius 2 is 1.89 bits per heavy atom. The van der Waals surface area contributed by atoms with Crippen LogP contribution in [0.2, 0.25) is 5.02 Å². The maximum absolute atomic E-state index is 6.17. The highest BCUT2D eigenvalue weighted by molar-refractivity contribution is 6.34. The zero-order valence-electron chi connectivity index (χ0n) is 10.4. The molecule has 2 rings (SSSR count). The lowest BCUT2D eigenvalue weighted by atomic mass is 10.1. The zero-order chi connectivity index (χ0) is 13.0. The molecule has 0 aliphatic rings. The highest BCUT2D eigenvalue weighted by Gasteiger charge is 2.07. The number of nitrogens with one attached hydrogen (secondary N) is 1. The molecular weight excluding hydrogens is 244 g/mol. The molecule has 0 saturated carbocycles. The summed E-state index contributed by atoms with van der Waals surface area (Å²) in [6, 6.07) is 13.8. The first-order valence-corrected chi connectivity index (χ1v) is 6.49. The van der Waals surface area contributed by atoms with Crippen molar-refractivity contribution in [1.29, 1.82) is 0 Å². The molecule has 0 aliphatic carbocycles. The van der Waals surface area contributed by atoms with Crippen molar-refractivity contribution in [2.24, 2.45) is 0 Å². The molecule has 18 heavy (non-hydrogen) atoms. The predicted molar refractivity (Wildman–Crippen MR) is 79.6 cm³/mol. The Hall–Kier alpha value is -1.67. The third kappa shape index (κ3) is 2.77. The number of anilines is 3. The fraction of sp³-hybridized carbons (Fsp3) is 0.200. The van der Waals surface area contributed by atoms with Gasteiger partial charge in [0.25, 0.3) is 0 Å².